The van der Waals surface area contributed by atoms with Crippen molar-refractivity contribution in [2.24, 2.45) is 11.7 Å². The minimum absolute atomic E-state index is 0.00213. The van der Waals surface area contributed by atoms with Crippen LogP contribution in [0.4, 0.5) is 0 Å². The van der Waals surface area contributed by atoms with Crippen LogP contribution in [0.1, 0.15) is 22.8 Å². The second kappa shape index (κ2) is 4.37. The lowest BCUT2D eigenvalue weighted by Gasteiger charge is -2.17. The zero-order valence-corrected chi connectivity index (χ0v) is 10.2. The number of phenols is 1. The Labute approximate surface area is 101 Å². The summed E-state index contributed by atoms with van der Waals surface area (Å²) in [5, 5.41) is 9.32. The molecule has 0 aromatic heterocycles. The van der Waals surface area contributed by atoms with Gasteiger partial charge in [-0.1, -0.05) is 6.92 Å². The highest BCUT2D eigenvalue weighted by molar-refractivity contribution is 5.96. The third kappa shape index (κ3) is 2.26. The van der Waals surface area contributed by atoms with E-state index in [0.717, 1.165) is 5.56 Å². The molecule has 17 heavy (non-hydrogen) atoms. The first-order chi connectivity index (χ1) is 7.99. The molecule has 92 valence electrons. The zero-order valence-electron chi connectivity index (χ0n) is 10.2. The first-order valence-electron chi connectivity index (χ1n) is 5.83. The molecule has 0 radical (unpaired) electrons. The molecule has 4 nitrogen and oxygen atoms in total. The van der Waals surface area contributed by atoms with Crippen molar-refractivity contribution in [1.29, 1.82) is 0 Å². The van der Waals surface area contributed by atoms with Gasteiger partial charge in [0.25, 0.3) is 5.91 Å². The molecule has 3 N–H and O–H groups in total. The molecule has 1 aliphatic heterocycles. The molecule has 1 fully saturated rings. The standard InChI is InChI=1S/C13H18N2O2/c1-8-5-10(16)3-4-11(8)13(17)15-6-9(2)12(14)7-15/h3-5,9,12,16H,6-7,14H2,1-2H3. The predicted molar refractivity (Wildman–Crippen MR) is 65.9 cm³/mol. The Bertz CT molecular complexity index is 435. The number of nitrogens with zero attached hydrogens (tertiary/aromatic N) is 1. The topological polar surface area (TPSA) is 66.6 Å². The number of nitrogens with two attached hydrogens (primary N) is 1. The molecule has 0 aliphatic carbocycles. The first-order valence-corrected chi connectivity index (χ1v) is 5.83. The van der Waals surface area contributed by atoms with Gasteiger partial charge in [0.05, 0.1) is 0 Å². The van der Waals surface area contributed by atoms with Crippen molar-refractivity contribution in [3.05, 3.63) is 29.3 Å². The molecule has 1 heterocycles. The number of likely N-dealkylation sites (tertiary alicyclic amines) is 1. The molecular weight excluding hydrogens is 216 g/mol. The van der Waals surface area contributed by atoms with Crippen LogP contribution >= 0.6 is 0 Å². The third-order valence-electron chi connectivity index (χ3n) is 3.40. The number of carbonyl (C=O) groups is 1. The molecule has 1 aliphatic rings. The second-order valence-electron chi connectivity index (χ2n) is 4.85. The molecule has 1 saturated heterocycles. The number of hydrogen-bond acceptors (Lipinski definition) is 3. The number of rotatable bonds is 1. The molecule has 4 heteroatoms. The zero-order chi connectivity index (χ0) is 12.6. The maximum Gasteiger partial charge on any atom is 0.254 e. The Morgan fingerprint density at radius 1 is 1.47 bits per heavy atom. The monoisotopic (exact) mass is 234 g/mol. The van der Waals surface area contributed by atoms with Gasteiger partial charge < -0.3 is 15.7 Å². The van der Waals surface area contributed by atoms with E-state index in [2.05, 4.69) is 6.92 Å². The average molecular weight is 234 g/mol. The highest BCUT2D eigenvalue weighted by atomic mass is 16.3. The van der Waals surface area contributed by atoms with Crippen LogP contribution in [-0.2, 0) is 0 Å². The van der Waals surface area contributed by atoms with E-state index in [4.69, 9.17) is 5.73 Å². The lowest BCUT2D eigenvalue weighted by Crippen LogP contribution is -2.32. The van der Waals surface area contributed by atoms with Crippen molar-refractivity contribution in [1.82, 2.24) is 4.90 Å². The summed E-state index contributed by atoms with van der Waals surface area (Å²) in [6.45, 7) is 5.20. The van der Waals surface area contributed by atoms with Crippen LogP contribution in [0.25, 0.3) is 0 Å². The van der Waals surface area contributed by atoms with E-state index >= 15 is 0 Å². The molecule has 1 amide bonds. The quantitative estimate of drug-likeness (QED) is 0.765. The second-order valence-corrected chi connectivity index (χ2v) is 4.85. The molecule has 0 bridgehead atoms. The number of phenolic OH excluding ortho intramolecular Hbond substituents is 1. The van der Waals surface area contributed by atoms with Crippen molar-refractivity contribution in [3.8, 4) is 5.75 Å². The maximum absolute atomic E-state index is 12.3. The molecule has 1 aromatic carbocycles. The fraction of sp³-hybridized carbons (Fsp3) is 0.462. The van der Waals surface area contributed by atoms with Crippen LogP contribution in [0.15, 0.2) is 18.2 Å². The highest BCUT2D eigenvalue weighted by Crippen LogP contribution is 2.21. The van der Waals surface area contributed by atoms with Gasteiger partial charge in [0.1, 0.15) is 5.75 Å². The Balaban J connectivity index is 2.20. The first kappa shape index (κ1) is 11.9. The molecule has 1 aromatic rings. The Hall–Kier alpha value is -1.55. The summed E-state index contributed by atoms with van der Waals surface area (Å²) in [5.74, 6) is 0.532. The number of aromatic hydroxyl groups is 1. The van der Waals surface area contributed by atoms with Crippen molar-refractivity contribution < 1.29 is 9.90 Å². The average Bonchev–Trinajstić information content (AvgIpc) is 2.58. The van der Waals surface area contributed by atoms with E-state index in [1.165, 1.54) is 0 Å². The molecular formula is C13H18N2O2. The van der Waals surface area contributed by atoms with Crippen molar-refractivity contribution in [2.75, 3.05) is 13.1 Å². The fourth-order valence-corrected chi connectivity index (χ4v) is 2.22. The fourth-order valence-electron chi connectivity index (χ4n) is 2.22. The summed E-state index contributed by atoms with van der Waals surface area (Å²) in [6, 6.07) is 4.88. The lowest BCUT2D eigenvalue weighted by atomic mass is 10.1. The van der Waals surface area contributed by atoms with Crippen molar-refractivity contribution >= 4 is 5.91 Å². The van der Waals surface area contributed by atoms with Crippen LogP contribution in [0.5, 0.6) is 5.75 Å². The summed E-state index contributed by atoms with van der Waals surface area (Å²) in [6.07, 6.45) is 0. The Morgan fingerprint density at radius 3 is 2.71 bits per heavy atom. The van der Waals surface area contributed by atoms with Crippen LogP contribution in [0.2, 0.25) is 0 Å². The number of carbonyl (C=O) groups excluding carboxylic acids is 1. The van der Waals surface area contributed by atoms with Crippen LogP contribution < -0.4 is 5.73 Å². The van der Waals surface area contributed by atoms with Crippen molar-refractivity contribution in [2.45, 2.75) is 19.9 Å². The summed E-state index contributed by atoms with van der Waals surface area (Å²) in [7, 11) is 0. The summed E-state index contributed by atoms with van der Waals surface area (Å²) in [4.78, 5) is 14.0. The molecule has 0 saturated carbocycles. The van der Waals surface area contributed by atoms with Crippen LogP contribution in [-0.4, -0.2) is 35.0 Å². The minimum Gasteiger partial charge on any atom is -0.508 e. The Kier molecular flexibility index (Phi) is 3.07. The number of amides is 1. The van der Waals surface area contributed by atoms with Gasteiger partial charge in [0, 0.05) is 24.7 Å². The van der Waals surface area contributed by atoms with Gasteiger partial charge in [-0.25, -0.2) is 0 Å². The third-order valence-corrected chi connectivity index (χ3v) is 3.40. The predicted octanol–water partition coefficient (Wildman–Crippen LogP) is 1.12. The number of hydrogen-bond donors (Lipinski definition) is 2. The highest BCUT2D eigenvalue weighted by Gasteiger charge is 2.30. The van der Waals surface area contributed by atoms with Gasteiger partial charge in [-0.15, -0.1) is 0 Å². The van der Waals surface area contributed by atoms with Gasteiger partial charge in [0.15, 0.2) is 0 Å². The SMILES string of the molecule is Cc1cc(O)ccc1C(=O)N1CC(C)C(N)C1. The van der Waals surface area contributed by atoms with Crippen molar-refractivity contribution in [3.63, 3.8) is 0 Å². The van der Waals surface area contributed by atoms with E-state index in [1.54, 1.807) is 23.1 Å². The van der Waals surface area contributed by atoms with Gasteiger partial charge in [-0.05, 0) is 36.6 Å². The number of benzene rings is 1. The largest absolute Gasteiger partial charge is 0.508 e. The van der Waals surface area contributed by atoms with E-state index in [-0.39, 0.29) is 17.7 Å². The van der Waals surface area contributed by atoms with Gasteiger partial charge in [-0.2, -0.15) is 0 Å². The van der Waals surface area contributed by atoms with E-state index < -0.39 is 0 Å². The van der Waals surface area contributed by atoms with E-state index in [0.29, 0.717) is 24.6 Å². The maximum atomic E-state index is 12.3. The molecule has 2 atom stereocenters. The normalized spacial score (nSPS) is 24.1. The van der Waals surface area contributed by atoms with Gasteiger partial charge in [-0.3, -0.25) is 4.79 Å². The Morgan fingerprint density at radius 2 is 2.18 bits per heavy atom. The van der Waals surface area contributed by atoms with E-state index in [1.807, 2.05) is 6.92 Å². The minimum atomic E-state index is 0.00213. The smallest absolute Gasteiger partial charge is 0.254 e. The van der Waals surface area contributed by atoms with Gasteiger partial charge in [0.2, 0.25) is 0 Å². The number of aryl methyl sites for hydroxylation is 1. The van der Waals surface area contributed by atoms with Crippen LogP contribution in [0.3, 0.4) is 0 Å². The van der Waals surface area contributed by atoms with Crippen LogP contribution in [0, 0.1) is 12.8 Å². The molecule has 2 rings (SSSR count). The van der Waals surface area contributed by atoms with E-state index in [9.17, 15) is 9.90 Å². The summed E-state index contributed by atoms with van der Waals surface area (Å²) < 4.78 is 0. The molecule has 0 spiro atoms. The summed E-state index contributed by atoms with van der Waals surface area (Å²) >= 11 is 0. The summed E-state index contributed by atoms with van der Waals surface area (Å²) in [5.41, 5.74) is 7.35. The molecule has 2 unspecified atom stereocenters. The lowest BCUT2D eigenvalue weighted by molar-refractivity contribution is 0.0786. The van der Waals surface area contributed by atoms with Gasteiger partial charge >= 0.3 is 0 Å².